The molecule has 0 aromatic heterocycles. The van der Waals surface area contributed by atoms with Gasteiger partial charge < -0.3 is 9.47 Å². The van der Waals surface area contributed by atoms with E-state index in [2.05, 4.69) is 9.47 Å². The second-order valence-corrected chi connectivity index (χ2v) is 4.94. The van der Waals surface area contributed by atoms with Gasteiger partial charge >= 0.3 is 11.9 Å². The Bertz CT molecular complexity index is 331. The van der Waals surface area contributed by atoms with Crippen molar-refractivity contribution in [2.45, 2.75) is 63.8 Å². The molecule has 0 saturated carbocycles. The van der Waals surface area contributed by atoms with Crippen LogP contribution >= 0.6 is 0 Å². The lowest BCUT2D eigenvalue weighted by Gasteiger charge is -2.09. The number of rotatable bonds is 12. The van der Waals surface area contributed by atoms with Crippen LogP contribution in [-0.2, 0) is 19.1 Å². The Morgan fingerprint density at radius 3 is 1.90 bits per heavy atom. The van der Waals surface area contributed by atoms with Crippen LogP contribution in [0.25, 0.3) is 0 Å². The molecule has 0 fully saturated rings. The quantitative estimate of drug-likeness (QED) is 0.238. The standard InChI is InChI=1S/C14H25NO6/c1-20-13(16)10-6-4-3-5-8-12(15(18)19)9-7-11-14(17)21-2/h12H,3-11H2,1-2H3. The van der Waals surface area contributed by atoms with Gasteiger partial charge in [0.05, 0.1) is 14.2 Å². The van der Waals surface area contributed by atoms with Crippen molar-refractivity contribution in [2.75, 3.05) is 14.2 Å². The molecule has 122 valence electrons. The Balaban J connectivity index is 3.72. The molecule has 0 aliphatic heterocycles. The molecule has 1 atom stereocenters. The fourth-order valence-electron chi connectivity index (χ4n) is 2.04. The lowest BCUT2D eigenvalue weighted by Crippen LogP contribution is -2.19. The predicted octanol–water partition coefficient (Wildman–Crippen LogP) is 2.49. The summed E-state index contributed by atoms with van der Waals surface area (Å²) in [6, 6.07) is -0.602. The molecule has 0 heterocycles. The molecule has 0 aliphatic rings. The Morgan fingerprint density at radius 2 is 1.38 bits per heavy atom. The van der Waals surface area contributed by atoms with Gasteiger partial charge in [-0.2, -0.15) is 0 Å². The highest BCUT2D eigenvalue weighted by Gasteiger charge is 2.19. The summed E-state index contributed by atoms with van der Waals surface area (Å²) in [4.78, 5) is 32.5. The third-order valence-electron chi connectivity index (χ3n) is 3.34. The van der Waals surface area contributed by atoms with Gasteiger partial charge in [-0.25, -0.2) is 0 Å². The molecule has 7 heteroatoms. The largest absolute Gasteiger partial charge is 0.469 e. The van der Waals surface area contributed by atoms with E-state index in [4.69, 9.17) is 0 Å². The molecule has 0 bridgehead atoms. The second kappa shape index (κ2) is 12.1. The summed E-state index contributed by atoms with van der Waals surface area (Å²) >= 11 is 0. The van der Waals surface area contributed by atoms with Gasteiger partial charge in [-0.15, -0.1) is 0 Å². The molecule has 0 spiro atoms. The van der Waals surface area contributed by atoms with E-state index in [-0.39, 0.29) is 23.3 Å². The average Bonchev–Trinajstić information content (AvgIpc) is 2.47. The van der Waals surface area contributed by atoms with Crippen molar-refractivity contribution in [3.8, 4) is 0 Å². The number of methoxy groups -OCH3 is 2. The van der Waals surface area contributed by atoms with Crippen LogP contribution in [0.5, 0.6) is 0 Å². The zero-order chi connectivity index (χ0) is 16.1. The first kappa shape index (κ1) is 19.3. The lowest BCUT2D eigenvalue weighted by atomic mass is 10.0. The first-order chi connectivity index (χ1) is 10.0. The topological polar surface area (TPSA) is 95.7 Å². The molecule has 0 aromatic rings. The molecule has 0 radical (unpaired) electrons. The summed E-state index contributed by atoms with van der Waals surface area (Å²) in [6.07, 6.45) is 5.22. The number of nitrogens with zero attached hydrogens (tertiary/aromatic N) is 1. The van der Waals surface area contributed by atoms with Crippen molar-refractivity contribution in [2.24, 2.45) is 0 Å². The van der Waals surface area contributed by atoms with Gasteiger partial charge in [0.1, 0.15) is 0 Å². The van der Waals surface area contributed by atoms with Crippen molar-refractivity contribution in [1.82, 2.24) is 0 Å². The van der Waals surface area contributed by atoms with Crippen LogP contribution in [0.2, 0.25) is 0 Å². The number of ether oxygens (including phenoxy) is 2. The minimum atomic E-state index is -0.602. The molecule has 0 amide bonds. The van der Waals surface area contributed by atoms with E-state index in [0.717, 1.165) is 25.7 Å². The van der Waals surface area contributed by atoms with E-state index < -0.39 is 6.04 Å². The molecule has 1 unspecified atom stereocenters. The SMILES string of the molecule is COC(=O)CCCCCCC(CCCC(=O)OC)[N+](=O)[O-]. The molecular formula is C14H25NO6. The third kappa shape index (κ3) is 10.8. The van der Waals surface area contributed by atoms with Gasteiger partial charge in [-0.05, 0) is 19.3 Å². The van der Waals surface area contributed by atoms with Gasteiger partial charge in [0.15, 0.2) is 0 Å². The summed E-state index contributed by atoms with van der Waals surface area (Å²) in [6.45, 7) is 0. The Labute approximate surface area is 125 Å². The van der Waals surface area contributed by atoms with Crippen LogP contribution in [0, 0.1) is 10.1 Å². The summed E-state index contributed by atoms with van der Waals surface area (Å²) in [7, 11) is 2.67. The van der Waals surface area contributed by atoms with Crippen molar-refractivity contribution in [1.29, 1.82) is 0 Å². The highest BCUT2D eigenvalue weighted by Crippen LogP contribution is 2.14. The molecule has 0 rings (SSSR count). The van der Waals surface area contributed by atoms with Crippen molar-refractivity contribution in [3.63, 3.8) is 0 Å². The Morgan fingerprint density at radius 1 is 0.905 bits per heavy atom. The third-order valence-corrected chi connectivity index (χ3v) is 3.34. The van der Waals surface area contributed by atoms with Gasteiger partial charge in [-0.1, -0.05) is 12.8 Å². The minimum Gasteiger partial charge on any atom is -0.469 e. The summed E-state index contributed by atoms with van der Waals surface area (Å²) in [5.74, 6) is -0.555. The number of unbranched alkanes of at least 4 members (excludes halogenated alkanes) is 3. The van der Waals surface area contributed by atoms with Gasteiger partial charge in [0.2, 0.25) is 6.04 Å². The molecule has 0 aromatic carbocycles. The van der Waals surface area contributed by atoms with Gasteiger partial charge in [0.25, 0.3) is 0 Å². The number of hydrogen-bond donors (Lipinski definition) is 0. The number of carbonyl (C=O) groups is 2. The highest BCUT2D eigenvalue weighted by atomic mass is 16.6. The van der Waals surface area contributed by atoms with Crippen molar-refractivity contribution < 1.29 is 24.0 Å². The minimum absolute atomic E-state index is 0.221. The Hall–Kier alpha value is -1.66. The number of hydrogen-bond acceptors (Lipinski definition) is 6. The smallest absolute Gasteiger partial charge is 0.305 e. The summed E-state index contributed by atoms with van der Waals surface area (Å²) in [5.41, 5.74) is 0. The number of nitro groups is 1. The van der Waals surface area contributed by atoms with Crippen LogP contribution in [0.3, 0.4) is 0 Å². The fourth-order valence-corrected chi connectivity index (χ4v) is 2.04. The first-order valence-electron chi connectivity index (χ1n) is 7.28. The maximum absolute atomic E-state index is 10.9. The zero-order valence-corrected chi connectivity index (χ0v) is 12.8. The molecular weight excluding hydrogens is 278 g/mol. The first-order valence-corrected chi connectivity index (χ1v) is 7.28. The summed E-state index contributed by atoms with van der Waals surface area (Å²) < 4.78 is 9.03. The van der Waals surface area contributed by atoms with E-state index in [1.807, 2.05) is 0 Å². The Kier molecular flexibility index (Phi) is 11.2. The van der Waals surface area contributed by atoms with E-state index >= 15 is 0 Å². The van der Waals surface area contributed by atoms with E-state index in [9.17, 15) is 19.7 Å². The molecule has 0 aliphatic carbocycles. The molecule has 0 N–H and O–H groups in total. The fraction of sp³-hybridized carbons (Fsp3) is 0.857. The van der Waals surface area contributed by atoms with Crippen molar-refractivity contribution in [3.05, 3.63) is 10.1 Å². The summed E-state index contributed by atoms with van der Waals surface area (Å²) in [5, 5.41) is 10.9. The molecule has 21 heavy (non-hydrogen) atoms. The highest BCUT2D eigenvalue weighted by molar-refractivity contribution is 5.69. The normalized spacial score (nSPS) is 11.7. The lowest BCUT2D eigenvalue weighted by molar-refractivity contribution is -0.524. The van der Waals surface area contributed by atoms with E-state index in [1.165, 1.54) is 14.2 Å². The monoisotopic (exact) mass is 303 g/mol. The predicted molar refractivity (Wildman–Crippen MR) is 76.4 cm³/mol. The van der Waals surface area contributed by atoms with Crippen LogP contribution in [-0.4, -0.2) is 37.1 Å². The number of esters is 2. The van der Waals surface area contributed by atoms with E-state index in [1.54, 1.807) is 0 Å². The maximum atomic E-state index is 10.9. The number of carbonyl (C=O) groups excluding carboxylic acids is 2. The zero-order valence-electron chi connectivity index (χ0n) is 12.8. The molecule has 7 nitrogen and oxygen atoms in total. The van der Waals surface area contributed by atoms with Crippen molar-refractivity contribution >= 4 is 11.9 Å². The van der Waals surface area contributed by atoms with Crippen LogP contribution in [0.1, 0.15) is 57.8 Å². The second-order valence-electron chi connectivity index (χ2n) is 4.94. The van der Waals surface area contributed by atoms with Crippen LogP contribution < -0.4 is 0 Å². The maximum Gasteiger partial charge on any atom is 0.305 e. The molecule has 0 saturated heterocycles. The van der Waals surface area contributed by atoms with Crippen LogP contribution in [0.4, 0.5) is 0 Å². The van der Waals surface area contributed by atoms with E-state index in [0.29, 0.717) is 25.7 Å². The van der Waals surface area contributed by atoms with Crippen LogP contribution in [0.15, 0.2) is 0 Å². The average molecular weight is 303 g/mol. The van der Waals surface area contributed by atoms with Gasteiger partial charge in [0, 0.05) is 30.6 Å². The van der Waals surface area contributed by atoms with Gasteiger partial charge in [-0.3, -0.25) is 19.7 Å².